The second-order valence-electron chi connectivity index (χ2n) is 8.05. The third kappa shape index (κ3) is 4.52. The minimum atomic E-state index is -3.74. The summed E-state index contributed by atoms with van der Waals surface area (Å²) in [5.41, 5.74) is 0.627. The summed E-state index contributed by atoms with van der Waals surface area (Å²) in [4.78, 5) is 15.7. The van der Waals surface area contributed by atoms with E-state index in [0.29, 0.717) is 16.7 Å². The van der Waals surface area contributed by atoms with E-state index < -0.39 is 26.4 Å². The molecule has 0 unspecified atom stereocenters. The van der Waals surface area contributed by atoms with Crippen molar-refractivity contribution in [3.63, 3.8) is 0 Å². The van der Waals surface area contributed by atoms with Gasteiger partial charge in [0.2, 0.25) is 0 Å². The SMILES string of the molecule is COC(=O)Cc1ccc(Oc2ccnc3cc(OC)c(S(=O)(=O)C(C)(C)C)cc23)cc1F. The second kappa shape index (κ2) is 8.74. The number of benzene rings is 2. The number of hydrogen-bond donors (Lipinski definition) is 0. The molecule has 2 aromatic carbocycles. The zero-order valence-electron chi connectivity index (χ0n) is 18.4. The number of sulfone groups is 1. The summed E-state index contributed by atoms with van der Waals surface area (Å²) in [7, 11) is -1.12. The van der Waals surface area contributed by atoms with Crippen molar-refractivity contribution in [3.8, 4) is 17.2 Å². The van der Waals surface area contributed by atoms with Gasteiger partial charge in [0.25, 0.3) is 0 Å². The molecule has 1 heterocycles. The summed E-state index contributed by atoms with van der Waals surface area (Å²) in [6.45, 7) is 4.81. The van der Waals surface area contributed by atoms with E-state index in [1.807, 2.05) is 0 Å². The number of fused-ring (bicyclic) bond motifs is 1. The summed E-state index contributed by atoms with van der Waals surface area (Å²) in [5.74, 6) is -0.527. The van der Waals surface area contributed by atoms with Crippen LogP contribution in [0.15, 0.2) is 47.5 Å². The van der Waals surface area contributed by atoms with Gasteiger partial charge < -0.3 is 14.2 Å². The third-order valence-electron chi connectivity index (χ3n) is 4.90. The molecule has 0 atom stereocenters. The Morgan fingerprint density at radius 1 is 1.06 bits per heavy atom. The highest BCUT2D eigenvalue weighted by molar-refractivity contribution is 7.92. The van der Waals surface area contributed by atoms with Gasteiger partial charge in [-0.1, -0.05) is 6.07 Å². The fraction of sp³-hybridized carbons (Fsp3) is 0.304. The predicted molar refractivity (Wildman–Crippen MR) is 117 cm³/mol. The molecule has 9 heteroatoms. The first-order valence-corrected chi connectivity index (χ1v) is 11.2. The molecule has 0 aliphatic rings. The largest absolute Gasteiger partial charge is 0.495 e. The van der Waals surface area contributed by atoms with Gasteiger partial charge in [-0.3, -0.25) is 9.78 Å². The zero-order chi connectivity index (χ0) is 23.7. The van der Waals surface area contributed by atoms with Gasteiger partial charge in [-0.05, 0) is 44.5 Å². The normalized spacial score (nSPS) is 11.9. The van der Waals surface area contributed by atoms with E-state index in [0.717, 1.165) is 6.07 Å². The minimum Gasteiger partial charge on any atom is -0.495 e. The molecular weight excluding hydrogens is 437 g/mol. The second-order valence-corrected chi connectivity index (χ2v) is 10.7. The van der Waals surface area contributed by atoms with Crippen LogP contribution in [-0.4, -0.2) is 38.3 Å². The Bertz CT molecular complexity index is 1280. The van der Waals surface area contributed by atoms with Crippen molar-refractivity contribution in [1.82, 2.24) is 4.98 Å². The lowest BCUT2D eigenvalue weighted by Gasteiger charge is -2.21. The minimum absolute atomic E-state index is 0.0115. The molecule has 0 amide bonds. The molecule has 0 saturated heterocycles. The summed E-state index contributed by atoms with van der Waals surface area (Å²) in [5, 5.41) is 0.426. The highest BCUT2D eigenvalue weighted by Gasteiger charge is 2.34. The first-order chi connectivity index (χ1) is 15.0. The maximum atomic E-state index is 14.4. The summed E-state index contributed by atoms with van der Waals surface area (Å²) < 4.78 is 55.3. The molecule has 0 aliphatic heterocycles. The molecule has 3 aromatic rings. The maximum absolute atomic E-state index is 14.4. The van der Waals surface area contributed by atoms with Crippen LogP contribution >= 0.6 is 0 Å². The molecule has 0 bridgehead atoms. The van der Waals surface area contributed by atoms with Gasteiger partial charge in [-0.15, -0.1) is 0 Å². The Morgan fingerprint density at radius 3 is 2.38 bits per heavy atom. The molecule has 0 N–H and O–H groups in total. The Morgan fingerprint density at radius 2 is 1.78 bits per heavy atom. The number of methoxy groups -OCH3 is 2. The first-order valence-electron chi connectivity index (χ1n) is 9.72. The van der Waals surface area contributed by atoms with Gasteiger partial charge in [0.15, 0.2) is 9.84 Å². The maximum Gasteiger partial charge on any atom is 0.310 e. The number of esters is 1. The van der Waals surface area contributed by atoms with Crippen molar-refractivity contribution < 1.29 is 31.8 Å². The molecule has 0 radical (unpaired) electrons. The van der Waals surface area contributed by atoms with E-state index in [4.69, 9.17) is 9.47 Å². The van der Waals surface area contributed by atoms with E-state index in [2.05, 4.69) is 9.72 Å². The van der Waals surface area contributed by atoms with Gasteiger partial charge >= 0.3 is 5.97 Å². The van der Waals surface area contributed by atoms with Crippen LogP contribution in [0, 0.1) is 5.82 Å². The van der Waals surface area contributed by atoms with Gasteiger partial charge in [-0.25, -0.2) is 12.8 Å². The van der Waals surface area contributed by atoms with Crippen LogP contribution in [0.2, 0.25) is 0 Å². The lowest BCUT2D eigenvalue weighted by Crippen LogP contribution is -2.28. The predicted octanol–water partition coefficient (Wildman–Crippen LogP) is 4.46. The summed E-state index contributed by atoms with van der Waals surface area (Å²) in [6.07, 6.45) is 1.30. The molecule has 3 rings (SSSR count). The van der Waals surface area contributed by atoms with Gasteiger partial charge in [0.1, 0.15) is 28.0 Å². The lowest BCUT2D eigenvalue weighted by atomic mass is 10.1. The molecule has 32 heavy (non-hydrogen) atoms. The van der Waals surface area contributed by atoms with Crippen LogP contribution < -0.4 is 9.47 Å². The number of pyridine rings is 1. The quantitative estimate of drug-likeness (QED) is 0.501. The fourth-order valence-corrected chi connectivity index (χ4v) is 4.35. The first kappa shape index (κ1) is 23.5. The number of rotatable bonds is 6. The molecule has 0 aliphatic carbocycles. The Kier molecular flexibility index (Phi) is 6.41. The van der Waals surface area contributed by atoms with E-state index in [9.17, 15) is 17.6 Å². The smallest absolute Gasteiger partial charge is 0.310 e. The van der Waals surface area contributed by atoms with Crippen LogP contribution in [0.5, 0.6) is 17.2 Å². The van der Waals surface area contributed by atoms with Gasteiger partial charge in [0.05, 0.1) is 30.9 Å². The van der Waals surface area contributed by atoms with Gasteiger partial charge in [-0.2, -0.15) is 0 Å². The van der Waals surface area contributed by atoms with E-state index in [1.165, 1.54) is 44.7 Å². The monoisotopic (exact) mass is 461 g/mol. The highest BCUT2D eigenvalue weighted by Crippen LogP contribution is 2.38. The number of halogens is 1. The van der Waals surface area contributed by atoms with E-state index in [-0.39, 0.29) is 28.4 Å². The van der Waals surface area contributed by atoms with Gasteiger partial charge in [0, 0.05) is 23.7 Å². The van der Waals surface area contributed by atoms with Crippen molar-refractivity contribution in [2.24, 2.45) is 0 Å². The molecule has 0 spiro atoms. The van der Waals surface area contributed by atoms with E-state index in [1.54, 1.807) is 26.8 Å². The number of hydrogen-bond acceptors (Lipinski definition) is 7. The van der Waals surface area contributed by atoms with E-state index >= 15 is 0 Å². The highest BCUT2D eigenvalue weighted by atomic mass is 32.2. The molecule has 7 nitrogen and oxygen atoms in total. The van der Waals surface area contributed by atoms with Crippen LogP contribution in [-0.2, 0) is 25.8 Å². The van der Waals surface area contributed by atoms with Crippen LogP contribution in [0.3, 0.4) is 0 Å². The van der Waals surface area contributed by atoms with Crippen molar-refractivity contribution >= 4 is 26.7 Å². The van der Waals surface area contributed by atoms with Crippen LogP contribution in [0.25, 0.3) is 10.9 Å². The van der Waals surface area contributed by atoms with Crippen molar-refractivity contribution in [1.29, 1.82) is 0 Å². The van der Waals surface area contributed by atoms with Crippen LogP contribution in [0.4, 0.5) is 4.39 Å². The summed E-state index contributed by atoms with van der Waals surface area (Å²) in [6, 6.07) is 8.65. The average molecular weight is 462 g/mol. The lowest BCUT2D eigenvalue weighted by molar-refractivity contribution is -0.139. The Hall–Kier alpha value is -3.20. The zero-order valence-corrected chi connectivity index (χ0v) is 19.2. The number of aromatic nitrogens is 1. The average Bonchev–Trinajstić information content (AvgIpc) is 2.74. The Balaban J connectivity index is 2.08. The molecule has 0 saturated carbocycles. The Labute approximate surface area is 186 Å². The fourth-order valence-electron chi connectivity index (χ4n) is 3.01. The number of ether oxygens (including phenoxy) is 3. The molecular formula is C23H24FNO6S. The van der Waals surface area contributed by atoms with Crippen molar-refractivity contribution in [2.45, 2.75) is 36.8 Å². The molecule has 170 valence electrons. The number of nitrogens with zero attached hydrogens (tertiary/aromatic N) is 1. The molecule has 1 aromatic heterocycles. The topological polar surface area (TPSA) is 91.8 Å². The standard InChI is InChI=1S/C23H24FNO6S/c1-23(2,3)32(27,28)21-12-16-18(13-20(21)29-4)25-9-8-19(16)31-15-7-6-14(17(24)11-15)10-22(26)30-5/h6-9,11-13H,10H2,1-5H3. The third-order valence-corrected chi connectivity index (χ3v) is 7.41. The number of carbonyl (C=O) groups is 1. The summed E-state index contributed by atoms with van der Waals surface area (Å²) >= 11 is 0. The van der Waals surface area contributed by atoms with Crippen LogP contribution in [0.1, 0.15) is 26.3 Å². The van der Waals surface area contributed by atoms with Crippen molar-refractivity contribution in [2.75, 3.05) is 14.2 Å². The van der Waals surface area contributed by atoms with Crippen molar-refractivity contribution in [3.05, 3.63) is 54.0 Å². The molecule has 0 fully saturated rings. The number of carbonyl (C=O) groups excluding carboxylic acids is 1.